The Balaban J connectivity index is 1.93. The number of benzene rings is 1. The van der Waals surface area contributed by atoms with Gasteiger partial charge in [-0.15, -0.1) is 0 Å². The first-order valence-corrected chi connectivity index (χ1v) is 7.47. The van der Waals surface area contributed by atoms with Crippen LogP contribution >= 0.6 is 0 Å². The summed E-state index contributed by atoms with van der Waals surface area (Å²) in [5.74, 6) is 0.701. The van der Waals surface area contributed by atoms with Gasteiger partial charge in [0.15, 0.2) is 0 Å². The Kier molecular flexibility index (Phi) is 3.99. The number of pyridine rings is 1. The Labute approximate surface area is 120 Å². The maximum absolute atomic E-state index is 6.00. The first kappa shape index (κ1) is 13.5. The number of fused-ring (bicyclic) bond motifs is 1. The second kappa shape index (κ2) is 5.90. The molecule has 1 heterocycles. The van der Waals surface area contributed by atoms with Crippen LogP contribution in [0, 0.1) is 5.92 Å². The second-order valence-corrected chi connectivity index (χ2v) is 5.48. The zero-order valence-electron chi connectivity index (χ0n) is 12.2. The molecule has 20 heavy (non-hydrogen) atoms. The molecule has 1 aromatic carbocycles. The van der Waals surface area contributed by atoms with Crippen molar-refractivity contribution >= 4 is 10.9 Å². The molecule has 0 saturated heterocycles. The van der Waals surface area contributed by atoms with E-state index in [1.54, 1.807) is 0 Å². The third-order valence-electron chi connectivity index (χ3n) is 4.07. The second-order valence-electron chi connectivity index (χ2n) is 5.48. The van der Waals surface area contributed by atoms with E-state index in [2.05, 4.69) is 41.5 Å². The zero-order chi connectivity index (χ0) is 13.9. The van der Waals surface area contributed by atoms with Crippen molar-refractivity contribution in [2.75, 3.05) is 13.7 Å². The Morgan fingerprint density at radius 1 is 1.35 bits per heavy atom. The number of rotatable bonds is 6. The Morgan fingerprint density at radius 3 is 2.90 bits per heavy atom. The molecule has 2 atom stereocenters. The van der Waals surface area contributed by atoms with E-state index >= 15 is 0 Å². The number of nitrogens with one attached hydrogen (secondary N) is 1. The van der Waals surface area contributed by atoms with Crippen molar-refractivity contribution in [3.8, 4) is 0 Å². The molecule has 2 unspecified atom stereocenters. The van der Waals surface area contributed by atoms with Gasteiger partial charge in [-0.1, -0.05) is 18.2 Å². The summed E-state index contributed by atoms with van der Waals surface area (Å²) in [5, 5.41) is 4.62. The molecule has 1 saturated carbocycles. The highest BCUT2D eigenvalue weighted by Gasteiger charge is 2.37. The van der Waals surface area contributed by atoms with E-state index in [4.69, 9.17) is 4.74 Å². The minimum atomic E-state index is 0.244. The van der Waals surface area contributed by atoms with E-state index in [1.165, 1.54) is 23.8 Å². The number of hydrogen-bond acceptors (Lipinski definition) is 3. The summed E-state index contributed by atoms with van der Waals surface area (Å²) < 4.78 is 6.00. The maximum atomic E-state index is 6.00. The molecular formula is C17H22N2O. The van der Waals surface area contributed by atoms with Crippen molar-refractivity contribution in [3.63, 3.8) is 0 Å². The van der Waals surface area contributed by atoms with Crippen LogP contribution in [0.4, 0.5) is 0 Å². The molecule has 1 fully saturated rings. The third kappa shape index (κ3) is 2.69. The van der Waals surface area contributed by atoms with Gasteiger partial charge in [-0.3, -0.25) is 4.98 Å². The Hall–Kier alpha value is -1.45. The van der Waals surface area contributed by atoms with Gasteiger partial charge < -0.3 is 10.1 Å². The normalized spacial score (nSPS) is 18.1. The van der Waals surface area contributed by atoms with Crippen molar-refractivity contribution in [1.29, 1.82) is 0 Å². The third-order valence-corrected chi connectivity index (χ3v) is 4.07. The Morgan fingerprint density at radius 2 is 2.20 bits per heavy atom. The lowest BCUT2D eigenvalue weighted by Crippen LogP contribution is -2.33. The SMILES string of the molecule is CCOC(C1CC1)C(NC)c1ccc2cccnc2c1. The zero-order valence-corrected chi connectivity index (χ0v) is 12.2. The maximum Gasteiger partial charge on any atom is 0.0797 e. The lowest BCUT2D eigenvalue weighted by molar-refractivity contribution is 0.0205. The van der Waals surface area contributed by atoms with Crippen LogP contribution in [0.5, 0.6) is 0 Å². The largest absolute Gasteiger partial charge is 0.376 e. The monoisotopic (exact) mass is 270 g/mol. The van der Waals surface area contributed by atoms with Crippen LogP contribution in [-0.2, 0) is 4.74 Å². The quantitative estimate of drug-likeness (QED) is 0.874. The molecule has 3 heteroatoms. The van der Waals surface area contributed by atoms with Gasteiger partial charge in [0.05, 0.1) is 17.7 Å². The number of hydrogen-bond donors (Lipinski definition) is 1. The molecule has 0 amide bonds. The molecule has 0 radical (unpaired) electrons. The molecule has 0 spiro atoms. The minimum absolute atomic E-state index is 0.244. The van der Waals surface area contributed by atoms with Crippen molar-refractivity contribution in [3.05, 3.63) is 42.1 Å². The first-order valence-electron chi connectivity index (χ1n) is 7.47. The van der Waals surface area contributed by atoms with Gasteiger partial charge >= 0.3 is 0 Å². The summed E-state index contributed by atoms with van der Waals surface area (Å²) >= 11 is 0. The van der Waals surface area contributed by atoms with Crippen LogP contribution < -0.4 is 5.32 Å². The number of nitrogens with zero attached hydrogens (tertiary/aromatic N) is 1. The van der Waals surface area contributed by atoms with Crippen LogP contribution in [-0.4, -0.2) is 24.7 Å². The standard InChI is InChI=1S/C17H22N2O/c1-3-20-17(13-7-8-13)16(18-2)14-9-6-12-5-4-10-19-15(12)11-14/h4-6,9-11,13,16-18H,3,7-8H2,1-2H3. The van der Waals surface area contributed by atoms with E-state index in [-0.39, 0.29) is 12.1 Å². The van der Waals surface area contributed by atoms with E-state index in [0.29, 0.717) is 5.92 Å². The average molecular weight is 270 g/mol. The number of ether oxygens (including phenoxy) is 1. The van der Waals surface area contributed by atoms with E-state index in [1.807, 2.05) is 19.3 Å². The predicted molar refractivity (Wildman–Crippen MR) is 81.7 cm³/mol. The molecule has 3 nitrogen and oxygen atoms in total. The molecule has 0 bridgehead atoms. The lowest BCUT2D eigenvalue weighted by Gasteiger charge is -2.27. The number of likely N-dealkylation sites (N-methyl/N-ethyl adjacent to an activating group) is 1. The fraction of sp³-hybridized carbons (Fsp3) is 0.471. The van der Waals surface area contributed by atoms with Gasteiger partial charge in [0.2, 0.25) is 0 Å². The van der Waals surface area contributed by atoms with Gasteiger partial charge in [0.25, 0.3) is 0 Å². The van der Waals surface area contributed by atoms with E-state index in [9.17, 15) is 0 Å². The lowest BCUT2D eigenvalue weighted by atomic mass is 9.97. The molecule has 2 aromatic rings. The van der Waals surface area contributed by atoms with Crippen LogP contribution in [0.3, 0.4) is 0 Å². The van der Waals surface area contributed by atoms with Crippen molar-refractivity contribution in [1.82, 2.24) is 10.3 Å². The van der Waals surface area contributed by atoms with Crippen LogP contribution in [0.15, 0.2) is 36.5 Å². The highest BCUT2D eigenvalue weighted by Crippen LogP contribution is 2.40. The van der Waals surface area contributed by atoms with Gasteiger partial charge in [-0.05, 0) is 50.4 Å². The summed E-state index contributed by atoms with van der Waals surface area (Å²) in [5.41, 5.74) is 2.32. The number of aromatic nitrogens is 1. The summed E-state index contributed by atoms with van der Waals surface area (Å²) in [4.78, 5) is 4.46. The molecule has 0 aliphatic heterocycles. The predicted octanol–water partition coefficient (Wildman–Crippen LogP) is 3.31. The van der Waals surface area contributed by atoms with Crippen molar-refractivity contribution in [2.24, 2.45) is 5.92 Å². The average Bonchev–Trinajstić information content (AvgIpc) is 3.31. The fourth-order valence-electron chi connectivity index (χ4n) is 2.92. The highest BCUT2D eigenvalue weighted by molar-refractivity contribution is 5.79. The summed E-state index contributed by atoms with van der Waals surface area (Å²) in [6.45, 7) is 2.84. The van der Waals surface area contributed by atoms with Gasteiger partial charge in [0, 0.05) is 18.2 Å². The first-order chi connectivity index (χ1) is 9.83. The molecule has 1 aliphatic carbocycles. The smallest absolute Gasteiger partial charge is 0.0797 e. The molecular weight excluding hydrogens is 248 g/mol. The van der Waals surface area contributed by atoms with Gasteiger partial charge in [-0.25, -0.2) is 0 Å². The molecule has 1 aromatic heterocycles. The molecule has 1 aliphatic rings. The molecule has 106 valence electrons. The van der Waals surface area contributed by atoms with Crippen molar-refractivity contribution in [2.45, 2.75) is 31.9 Å². The van der Waals surface area contributed by atoms with Gasteiger partial charge in [0.1, 0.15) is 0 Å². The minimum Gasteiger partial charge on any atom is -0.376 e. The summed E-state index contributed by atoms with van der Waals surface area (Å²) in [6.07, 6.45) is 4.69. The molecule has 3 rings (SSSR count). The summed E-state index contributed by atoms with van der Waals surface area (Å²) in [7, 11) is 2.02. The molecule has 1 N–H and O–H groups in total. The van der Waals surface area contributed by atoms with Crippen LogP contribution in [0.1, 0.15) is 31.4 Å². The summed E-state index contributed by atoms with van der Waals surface area (Å²) in [6, 6.07) is 10.9. The van der Waals surface area contributed by atoms with E-state index in [0.717, 1.165) is 12.1 Å². The topological polar surface area (TPSA) is 34.1 Å². The van der Waals surface area contributed by atoms with Crippen LogP contribution in [0.2, 0.25) is 0 Å². The van der Waals surface area contributed by atoms with Gasteiger partial charge in [-0.2, -0.15) is 0 Å². The fourth-order valence-corrected chi connectivity index (χ4v) is 2.92. The van der Waals surface area contributed by atoms with Crippen LogP contribution in [0.25, 0.3) is 10.9 Å². The highest BCUT2D eigenvalue weighted by atomic mass is 16.5. The van der Waals surface area contributed by atoms with E-state index < -0.39 is 0 Å². The Bertz CT molecular complexity index is 580. The van der Waals surface area contributed by atoms with Crippen molar-refractivity contribution < 1.29 is 4.74 Å².